The van der Waals surface area contributed by atoms with Crippen LogP contribution in [0.5, 0.6) is 11.5 Å². The third-order valence-electron chi connectivity index (χ3n) is 3.70. The number of hydrogen-bond acceptors (Lipinski definition) is 5. The van der Waals surface area contributed by atoms with Gasteiger partial charge in [-0.25, -0.2) is 9.18 Å². The fourth-order valence-electron chi connectivity index (χ4n) is 2.44. The number of carbonyl (C=O) groups is 1. The lowest BCUT2D eigenvalue weighted by Gasteiger charge is -2.12. The molecule has 0 spiro atoms. The van der Waals surface area contributed by atoms with E-state index in [0.717, 1.165) is 5.56 Å². The van der Waals surface area contributed by atoms with Crippen LogP contribution in [0.15, 0.2) is 67.0 Å². The Kier molecular flexibility index (Phi) is 5.99. The molecule has 0 aliphatic carbocycles. The zero-order valence-corrected chi connectivity index (χ0v) is 14.8. The molecular weight excluding hydrogens is 347 g/mol. The second-order valence-corrected chi connectivity index (χ2v) is 5.74. The highest BCUT2D eigenvalue weighted by atomic mass is 19.1. The van der Waals surface area contributed by atoms with E-state index in [0.29, 0.717) is 29.3 Å². The molecular formula is C21H19FN2O3. The predicted octanol–water partition coefficient (Wildman–Crippen LogP) is 4.80. The molecule has 138 valence electrons. The Balaban J connectivity index is 1.82. The third-order valence-corrected chi connectivity index (χ3v) is 3.70. The molecule has 1 aromatic heterocycles. The highest BCUT2D eigenvalue weighted by molar-refractivity contribution is 5.91. The van der Waals surface area contributed by atoms with E-state index in [1.165, 1.54) is 12.1 Å². The Labute approximate surface area is 156 Å². The number of carbonyl (C=O) groups excluding carboxylic acids is 1. The van der Waals surface area contributed by atoms with Gasteiger partial charge in [-0.15, -0.1) is 0 Å². The van der Waals surface area contributed by atoms with Gasteiger partial charge in [-0.05, 0) is 48.9 Å². The minimum absolute atomic E-state index is 0.282. The van der Waals surface area contributed by atoms with Gasteiger partial charge in [0.05, 0.1) is 18.4 Å². The highest BCUT2D eigenvalue weighted by Gasteiger charge is 2.11. The second kappa shape index (κ2) is 8.80. The predicted molar refractivity (Wildman–Crippen MR) is 100 cm³/mol. The lowest BCUT2D eigenvalue weighted by Crippen LogP contribution is -2.07. The first kappa shape index (κ1) is 18.4. The minimum Gasteiger partial charge on any atom is -0.462 e. The van der Waals surface area contributed by atoms with Crippen molar-refractivity contribution in [2.45, 2.75) is 13.5 Å². The zero-order chi connectivity index (χ0) is 19.1. The van der Waals surface area contributed by atoms with E-state index in [4.69, 9.17) is 9.47 Å². The fourth-order valence-corrected chi connectivity index (χ4v) is 2.44. The van der Waals surface area contributed by atoms with Crippen LogP contribution in [-0.4, -0.2) is 17.6 Å². The number of pyridine rings is 1. The molecule has 3 aromatic rings. The van der Waals surface area contributed by atoms with Gasteiger partial charge < -0.3 is 14.8 Å². The summed E-state index contributed by atoms with van der Waals surface area (Å²) >= 11 is 0. The maximum absolute atomic E-state index is 13.0. The van der Waals surface area contributed by atoms with Crippen molar-refractivity contribution >= 4 is 11.7 Å². The van der Waals surface area contributed by atoms with Crippen LogP contribution in [0.4, 0.5) is 10.1 Å². The lowest BCUT2D eigenvalue weighted by molar-refractivity contribution is 0.0526. The van der Waals surface area contributed by atoms with Gasteiger partial charge in [0.25, 0.3) is 0 Å². The molecule has 3 rings (SSSR count). The summed E-state index contributed by atoms with van der Waals surface area (Å²) in [7, 11) is 0. The molecule has 6 heteroatoms. The molecule has 0 radical (unpaired) electrons. The minimum atomic E-state index is -0.432. The van der Waals surface area contributed by atoms with Crippen molar-refractivity contribution in [2.75, 3.05) is 11.9 Å². The number of nitrogens with one attached hydrogen (secondary N) is 1. The Morgan fingerprint density at radius 1 is 1.11 bits per heavy atom. The number of nitrogens with zero attached hydrogens (tertiary/aromatic N) is 1. The van der Waals surface area contributed by atoms with Crippen molar-refractivity contribution < 1.29 is 18.7 Å². The maximum atomic E-state index is 13.0. The van der Waals surface area contributed by atoms with E-state index in [2.05, 4.69) is 10.3 Å². The Morgan fingerprint density at radius 3 is 2.63 bits per heavy atom. The van der Waals surface area contributed by atoms with E-state index in [1.54, 1.807) is 61.8 Å². The zero-order valence-electron chi connectivity index (χ0n) is 14.8. The van der Waals surface area contributed by atoms with Crippen molar-refractivity contribution in [1.82, 2.24) is 4.98 Å². The number of benzene rings is 2. The van der Waals surface area contributed by atoms with E-state index in [-0.39, 0.29) is 12.4 Å². The van der Waals surface area contributed by atoms with Crippen LogP contribution in [0.2, 0.25) is 0 Å². The second-order valence-electron chi connectivity index (χ2n) is 5.74. The van der Waals surface area contributed by atoms with Gasteiger partial charge in [0, 0.05) is 24.5 Å². The first-order valence-electron chi connectivity index (χ1n) is 8.52. The largest absolute Gasteiger partial charge is 0.462 e. The van der Waals surface area contributed by atoms with E-state index in [1.807, 2.05) is 0 Å². The van der Waals surface area contributed by atoms with Crippen LogP contribution >= 0.6 is 0 Å². The summed E-state index contributed by atoms with van der Waals surface area (Å²) in [6, 6.07) is 14.8. The molecule has 0 saturated heterocycles. The van der Waals surface area contributed by atoms with Crippen molar-refractivity contribution in [2.24, 2.45) is 0 Å². The summed E-state index contributed by atoms with van der Waals surface area (Å²) in [6.45, 7) is 2.51. The molecule has 5 nitrogen and oxygen atoms in total. The summed E-state index contributed by atoms with van der Waals surface area (Å²) in [6.07, 6.45) is 3.24. The molecule has 0 bridgehead atoms. The van der Waals surface area contributed by atoms with Gasteiger partial charge in [0.2, 0.25) is 0 Å². The number of esters is 1. The molecule has 0 aliphatic rings. The van der Waals surface area contributed by atoms with Crippen LogP contribution in [0.3, 0.4) is 0 Å². The number of hydrogen-bond donors (Lipinski definition) is 1. The van der Waals surface area contributed by atoms with Gasteiger partial charge in [-0.3, -0.25) is 4.98 Å². The number of ether oxygens (including phenoxy) is 2. The first-order chi connectivity index (χ1) is 13.1. The standard InChI is InChI=1S/C21H19FN2O3/c1-2-26-21(25)16-10-18(24-13-15-5-7-17(22)8-6-15)12-20(11-16)27-19-4-3-9-23-14-19/h3-12,14,24H,2,13H2,1H3. The van der Waals surface area contributed by atoms with Gasteiger partial charge in [-0.2, -0.15) is 0 Å². The molecule has 0 aliphatic heterocycles. The summed E-state index contributed by atoms with van der Waals surface area (Å²) < 4.78 is 23.9. The molecule has 1 heterocycles. The van der Waals surface area contributed by atoms with Gasteiger partial charge in [0.15, 0.2) is 0 Å². The molecule has 0 fully saturated rings. The van der Waals surface area contributed by atoms with Gasteiger partial charge >= 0.3 is 5.97 Å². The first-order valence-corrected chi connectivity index (χ1v) is 8.52. The molecule has 1 N–H and O–H groups in total. The monoisotopic (exact) mass is 366 g/mol. The van der Waals surface area contributed by atoms with E-state index in [9.17, 15) is 9.18 Å². The number of anilines is 1. The number of aromatic nitrogens is 1. The van der Waals surface area contributed by atoms with Crippen LogP contribution in [0.1, 0.15) is 22.8 Å². The quantitative estimate of drug-likeness (QED) is 0.609. The smallest absolute Gasteiger partial charge is 0.338 e. The van der Waals surface area contributed by atoms with Gasteiger partial charge in [0.1, 0.15) is 17.3 Å². The normalized spacial score (nSPS) is 10.3. The molecule has 0 atom stereocenters. The lowest BCUT2D eigenvalue weighted by atomic mass is 10.1. The van der Waals surface area contributed by atoms with E-state index < -0.39 is 5.97 Å². The Morgan fingerprint density at radius 2 is 1.93 bits per heavy atom. The van der Waals surface area contributed by atoms with Crippen molar-refractivity contribution in [3.05, 3.63) is 83.9 Å². The molecule has 0 saturated carbocycles. The number of rotatable bonds is 7. The van der Waals surface area contributed by atoms with Crippen molar-refractivity contribution in [1.29, 1.82) is 0 Å². The summed E-state index contributed by atoms with van der Waals surface area (Å²) in [4.78, 5) is 16.2. The maximum Gasteiger partial charge on any atom is 0.338 e. The van der Waals surface area contributed by atoms with Crippen LogP contribution in [0, 0.1) is 5.82 Å². The van der Waals surface area contributed by atoms with E-state index >= 15 is 0 Å². The molecule has 0 amide bonds. The Hall–Kier alpha value is -3.41. The average Bonchev–Trinajstić information content (AvgIpc) is 2.68. The van der Waals surface area contributed by atoms with Crippen molar-refractivity contribution in [3.63, 3.8) is 0 Å². The van der Waals surface area contributed by atoms with Crippen LogP contribution < -0.4 is 10.1 Å². The van der Waals surface area contributed by atoms with Crippen LogP contribution in [0.25, 0.3) is 0 Å². The average molecular weight is 366 g/mol. The fraction of sp³-hybridized carbons (Fsp3) is 0.143. The Bertz CT molecular complexity index is 899. The third kappa shape index (κ3) is 5.28. The van der Waals surface area contributed by atoms with Crippen LogP contribution in [-0.2, 0) is 11.3 Å². The SMILES string of the molecule is CCOC(=O)c1cc(NCc2ccc(F)cc2)cc(Oc2cccnc2)c1. The molecule has 0 unspecified atom stereocenters. The van der Waals surface area contributed by atoms with Gasteiger partial charge in [-0.1, -0.05) is 12.1 Å². The van der Waals surface area contributed by atoms with Crippen molar-refractivity contribution in [3.8, 4) is 11.5 Å². The molecule has 2 aromatic carbocycles. The summed E-state index contributed by atoms with van der Waals surface area (Å²) in [5.74, 6) is 0.326. The molecule has 27 heavy (non-hydrogen) atoms. The number of halogens is 1. The summed E-state index contributed by atoms with van der Waals surface area (Å²) in [5, 5.41) is 3.22. The summed E-state index contributed by atoms with van der Waals surface area (Å²) in [5.41, 5.74) is 1.97. The topological polar surface area (TPSA) is 60.5 Å². The highest BCUT2D eigenvalue weighted by Crippen LogP contribution is 2.26.